The summed E-state index contributed by atoms with van der Waals surface area (Å²) in [6, 6.07) is 15.0. The Kier molecular flexibility index (Phi) is 8.63. The molecule has 1 aliphatic carbocycles. The number of benzene rings is 2. The molecule has 0 radical (unpaired) electrons. The van der Waals surface area contributed by atoms with Crippen molar-refractivity contribution in [1.82, 2.24) is 5.32 Å². The van der Waals surface area contributed by atoms with Gasteiger partial charge in [0.1, 0.15) is 12.6 Å². The van der Waals surface area contributed by atoms with Crippen molar-refractivity contribution < 1.29 is 29.0 Å². The Balaban J connectivity index is 0.00000385. The topological polar surface area (TPSA) is 102 Å². The molecule has 0 saturated heterocycles. The summed E-state index contributed by atoms with van der Waals surface area (Å²) in [5.41, 5.74) is 4.41. The van der Waals surface area contributed by atoms with Crippen LogP contribution in [0.4, 0.5) is 4.79 Å². The van der Waals surface area contributed by atoms with Gasteiger partial charge in [-0.2, -0.15) is 0 Å². The van der Waals surface area contributed by atoms with Crippen molar-refractivity contribution >= 4 is 18.0 Å². The van der Waals surface area contributed by atoms with E-state index in [0.717, 1.165) is 22.3 Å². The number of hydrogen-bond acceptors (Lipinski definition) is 5. The van der Waals surface area contributed by atoms with Crippen LogP contribution in [-0.4, -0.2) is 41.9 Å². The highest BCUT2D eigenvalue weighted by atomic mass is 16.6. The monoisotopic (exact) mass is 455 g/mol. The Bertz CT molecular complexity index is 954. The number of esters is 1. The van der Waals surface area contributed by atoms with E-state index in [1.165, 1.54) is 0 Å². The van der Waals surface area contributed by atoms with Crippen LogP contribution in [0.3, 0.4) is 0 Å². The summed E-state index contributed by atoms with van der Waals surface area (Å²) < 4.78 is 10.7. The van der Waals surface area contributed by atoms with Crippen molar-refractivity contribution in [1.29, 1.82) is 0 Å². The smallest absolute Gasteiger partial charge is 0.407 e. The molecule has 0 bridgehead atoms. The van der Waals surface area contributed by atoms with Gasteiger partial charge in [-0.1, -0.05) is 83.7 Å². The van der Waals surface area contributed by atoms with E-state index in [-0.39, 0.29) is 25.9 Å². The number of ether oxygens (including phenoxy) is 2. The van der Waals surface area contributed by atoms with Gasteiger partial charge in [-0.15, -0.1) is 0 Å². The van der Waals surface area contributed by atoms with Gasteiger partial charge in [-0.05, 0) is 28.2 Å². The van der Waals surface area contributed by atoms with Crippen molar-refractivity contribution in [3.63, 3.8) is 0 Å². The fourth-order valence-corrected chi connectivity index (χ4v) is 3.93. The molecule has 2 aromatic carbocycles. The van der Waals surface area contributed by atoms with E-state index in [2.05, 4.69) is 5.32 Å². The largest absolute Gasteiger partial charge is 0.478 e. The van der Waals surface area contributed by atoms with Crippen molar-refractivity contribution in [2.45, 2.75) is 53.2 Å². The summed E-state index contributed by atoms with van der Waals surface area (Å²) >= 11 is 0. The van der Waals surface area contributed by atoms with E-state index in [4.69, 9.17) is 9.47 Å². The predicted molar refractivity (Wildman–Crippen MR) is 126 cm³/mol. The minimum atomic E-state index is -1.28. The molecule has 7 nitrogen and oxygen atoms in total. The van der Waals surface area contributed by atoms with Gasteiger partial charge in [0, 0.05) is 11.8 Å². The third kappa shape index (κ3) is 5.72. The van der Waals surface area contributed by atoms with Crippen molar-refractivity contribution in [3.05, 3.63) is 59.7 Å². The van der Waals surface area contributed by atoms with E-state index in [1.807, 2.05) is 48.5 Å². The highest BCUT2D eigenvalue weighted by molar-refractivity contribution is 5.84. The van der Waals surface area contributed by atoms with Gasteiger partial charge >= 0.3 is 18.0 Å². The van der Waals surface area contributed by atoms with Crippen LogP contribution < -0.4 is 5.32 Å². The standard InChI is InChI=1S/C25H29NO6.CH4/c1-14(2)21(24(29)32-22(15(3)4)23(27)28)26-25(30)31-13-20-18-11-7-5-9-16(18)17-10-6-8-12-19(17)20;/h5-12,14-15,20-22H,13H2,1-4H3,(H,26,30)(H,27,28);1H4/t21-,22+;/m0./s1. The molecule has 0 aromatic heterocycles. The molecular weight excluding hydrogens is 422 g/mol. The van der Waals surface area contributed by atoms with Crippen LogP contribution in [0.15, 0.2) is 48.5 Å². The Morgan fingerprint density at radius 1 is 0.909 bits per heavy atom. The molecule has 0 saturated carbocycles. The Morgan fingerprint density at radius 3 is 1.88 bits per heavy atom. The van der Waals surface area contributed by atoms with Gasteiger partial charge < -0.3 is 19.9 Å². The minimum Gasteiger partial charge on any atom is -0.478 e. The Hall–Kier alpha value is -3.35. The maximum Gasteiger partial charge on any atom is 0.407 e. The number of carbonyl (C=O) groups excluding carboxylic acids is 2. The Labute approximate surface area is 195 Å². The first-order valence-electron chi connectivity index (χ1n) is 10.8. The third-order valence-corrected chi connectivity index (χ3v) is 5.63. The van der Waals surface area contributed by atoms with Gasteiger partial charge in [0.15, 0.2) is 0 Å². The Morgan fingerprint density at radius 2 is 1.42 bits per heavy atom. The molecule has 0 fully saturated rings. The van der Waals surface area contributed by atoms with E-state index in [1.54, 1.807) is 27.7 Å². The second-order valence-corrected chi connectivity index (χ2v) is 8.63. The molecule has 178 valence electrons. The van der Waals surface area contributed by atoms with Crippen LogP contribution in [0.5, 0.6) is 0 Å². The van der Waals surface area contributed by atoms with Crippen LogP contribution in [0, 0.1) is 11.8 Å². The zero-order valence-electron chi connectivity index (χ0n) is 18.7. The molecule has 0 heterocycles. The first-order chi connectivity index (χ1) is 15.2. The minimum absolute atomic E-state index is 0. The van der Waals surface area contributed by atoms with E-state index in [9.17, 15) is 19.5 Å². The highest BCUT2D eigenvalue weighted by Crippen LogP contribution is 2.44. The fraction of sp³-hybridized carbons (Fsp3) is 0.423. The van der Waals surface area contributed by atoms with E-state index < -0.39 is 36.1 Å². The lowest BCUT2D eigenvalue weighted by Gasteiger charge is -2.24. The summed E-state index contributed by atoms with van der Waals surface area (Å²) in [6.07, 6.45) is -2.04. The maximum atomic E-state index is 12.6. The molecule has 2 N–H and O–H groups in total. The van der Waals surface area contributed by atoms with Crippen LogP contribution in [0.25, 0.3) is 11.1 Å². The zero-order valence-corrected chi connectivity index (χ0v) is 18.7. The third-order valence-electron chi connectivity index (χ3n) is 5.63. The number of hydrogen-bond donors (Lipinski definition) is 2. The van der Waals surface area contributed by atoms with Gasteiger partial charge in [-0.3, -0.25) is 0 Å². The van der Waals surface area contributed by atoms with Crippen molar-refractivity contribution in [3.8, 4) is 11.1 Å². The van der Waals surface area contributed by atoms with Crippen molar-refractivity contribution in [2.24, 2.45) is 11.8 Å². The second kappa shape index (κ2) is 11.0. The second-order valence-electron chi connectivity index (χ2n) is 8.63. The summed E-state index contributed by atoms with van der Waals surface area (Å²) in [5, 5.41) is 11.8. The molecular formula is C26H33NO6. The average molecular weight is 456 g/mol. The number of carboxylic acid groups (broad SMARTS) is 1. The number of nitrogens with one attached hydrogen (secondary N) is 1. The van der Waals surface area contributed by atoms with Crippen LogP contribution in [0.2, 0.25) is 0 Å². The summed E-state index contributed by atoms with van der Waals surface area (Å²) in [7, 11) is 0. The SMILES string of the molecule is C.CC(C)[C@H](NC(=O)OCC1c2ccccc2-c2ccccc21)C(=O)O[C@@H](C(=O)O)C(C)C. The first-order valence-corrected chi connectivity index (χ1v) is 10.8. The van der Waals surface area contributed by atoms with Crippen LogP contribution >= 0.6 is 0 Å². The van der Waals surface area contributed by atoms with E-state index >= 15 is 0 Å². The number of rotatable bonds is 8. The molecule has 2 aromatic rings. The van der Waals surface area contributed by atoms with Crippen molar-refractivity contribution in [2.75, 3.05) is 6.61 Å². The van der Waals surface area contributed by atoms with Crippen LogP contribution in [0.1, 0.15) is 52.2 Å². The molecule has 3 rings (SSSR count). The number of carbonyl (C=O) groups is 3. The zero-order chi connectivity index (χ0) is 23.4. The summed E-state index contributed by atoms with van der Waals surface area (Å²) in [4.78, 5) is 36.5. The number of alkyl carbamates (subject to hydrolysis) is 1. The quantitative estimate of drug-likeness (QED) is 0.553. The fourth-order valence-electron chi connectivity index (χ4n) is 3.93. The number of carboxylic acids is 1. The lowest BCUT2D eigenvalue weighted by Crippen LogP contribution is -2.48. The van der Waals surface area contributed by atoms with Gasteiger partial charge in [0.2, 0.25) is 6.10 Å². The number of fused-ring (bicyclic) bond motifs is 3. The number of amides is 1. The van der Waals surface area contributed by atoms with E-state index in [0.29, 0.717) is 0 Å². The molecule has 33 heavy (non-hydrogen) atoms. The summed E-state index contributed by atoms with van der Waals surface area (Å²) in [5.74, 6) is -2.84. The first kappa shape index (κ1) is 25.9. The normalized spacial score (nSPS) is 14.0. The lowest BCUT2D eigenvalue weighted by molar-refractivity contribution is -0.169. The molecule has 1 amide bonds. The average Bonchev–Trinajstić information content (AvgIpc) is 3.07. The van der Waals surface area contributed by atoms with Gasteiger partial charge in [0.05, 0.1) is 0 Å². The molecule has 0 unspecified atom stereocenters. The van der Waals surface area contributed by atoms with Crippen LogP contribution in [-0.2, 0) is 19.1 Å². The summed E-state index contributed by atoms with van der Waals surface area (Å²) in [6.45, 7) is 6.88. The molecule has 7 heteroatoms. The molecule has 0 spiro atoms. The van der Waals surface area contributed by atoms with Gasteiger partial charge in [-0.25, -0.2) is 14.4 Å². The highest BCUT2D eigenvalue weighted by Gasteiger charge is 2.33. The maximum absolute atomic E-state index is 12.6. The lowest BCUT2D eigenvalue weighted by atomic mass is 9.98. The predicted octanol–water partition coefficient (Wildman–Crippen LogP) is 4.84. The van der Waals surface area contributed by atoms with Gasteiger partial charge in [0.25, 0.3) is 0 Å². The number of aliphatic carboxylic acids is 1. The molecule has 0 aliphatic heterocycles. The molecule has 1 aliphatic rings. The molecule has 2 atom stereocenters.